The van der Waals surface area contributed by atoms with Gasteiger partial charge in [-0.15, -0.1) is 0 Å². The Bertz CT molecular complexity index is 256. The number of halogens is 1. The highest BCUT2D eigenvalue weighted by atomic mass is 127. The van der Waals surface area contributed by atoms with Gasteiger partial charge in [-0.05, 0) is 18.1 Å². The summed E-state index contributed by atoms with van der Waals surface area (Å²) in [5, 5.41) is 7.98. The first kappa shape index (κ1) is 9.51. The van der Waals surface area contributed by atoms with Gasteiger partial charge in [0, 0.05) is 0 Å². The van der Waals surface area contributed by atoms with Gasteiger partial charge in [0.1, 0.15) is 3.92 Å². The van der Waals surface area contributed by atoms with Gasteiger partial charge in [0.15, 0.2) is 0 Å². The van der Waals surface area contributed by atoms with Crippen LogP contribution < -0.4 is 0 Å². The van der Waals surface area contributed by atoms with Gasteiger partial charge in [-0.3, -0.25) is 4.79 Å². The van der Waals surface area contributed by atoms with Crippen molar-refractivity contribution in [3.8, 4) is 11.1 Å². The van der Waals surface area contributed by atoms with Crippen LogP contribution in [-0.4, -0.2) is 15.0 Å². The molecule has 0 saturated carbocycles. The molecule has 0 aromatic heterocycles. The van der Waals surface area contributed by atoms with Gasteiger partial charge in [0.25, 0.3) is 0 Å². The fraction of sp³-hybridized carbons (Fsp3) is 0.222. The summed E-state index contributed by atoms with van der Waals surface area (Å²) in [6.45, 7) is 1.63. The molecule has 12 heavy (non-hydrogen) atoms. The lowest BCUT2D eigenvalue weighted by molar-refractivity contribution is -0.135. The van der Waals surface area contributed by atoms with Crippen LogP contribution in [0.3, 0.4) is 0 Å². The van der Waals surface area contributed by atoms with Gasteiger partial charge in [-0.1, -0.05) is 46.9 Å². The number of hydrogen-bond donors (Lipinski definition) is 1. The standard InChI is InChI=1S/C6H4.C3H5IO2/c1-2-6-4-3-5(1)6;1-2(4)3(5)6/h1-4H;2H,1H3,(H,5,6). The lowest BCUT2D eigenvalue weighted by atomic mass is 9.95. The Labute approximate surface area is 84.7 Å². The van der Waals surface area contributed by atoms with Gasteiger partial charge in [0.05, 0.1) is 0 Å². The summed E-state index contributed by atoms with van der Waals surface area (Å²) >= 11 is 1.83. The minimum absolute atomic E-state index is 0.261. The molecule has 0 aromatic carbocycles. The molecule has 0 fully saturated rings. The van der Waals surface area contributed by atoms with Crippen LogP contribution in [0.5, 0.6) is 0 Å². The Balaban J connectivity index is 0.000000120. The molecule has 2 aliphatic rings. The molecule has 64 valence electrons. The van der Waals surface area contributed by atoms with Gasteiger partial charge in [0.2, 0.25) is 0 Å². The molecule has 0 radical (unpaired) electrons. The van der Waals surface area contributed by atoms with Crippen LogP contribution >= 0.6 is 22.6 Å². The van der Waals surface area contributed by atoms with Crippen LogP contribution in [0.25, 0.3) is 11.1 Å². The van der Waals surface area contributed by atoms with Crippen molar-refractivity contribution in [2.45, 2.75) is 10.8 Å². The van der Waals surface area contributed by atoms with E-state index in [0.29, 0.717) is 0 Å². The number of rotatable bonds is 1. The summed E-state index contributed by atoms with van der Waals surface area (Å²) < 4.78 is -0.261. The Morgan fingerprint density at radius 1 is 1.33 bits per heavy atom. The van der Waals surface area contributed by atoms with E-state index < -0.39 is 5.97 Å². The van der Waals surface area contributed by atoms with Crippen LogP contribution in [0.4, 0.5) is 0 Å². The van der Waals surface area contributed by atoms with E-state index in [2.05, 4.69) is 24.3 Å². The lowest BCUT2D eigenvalue weighted by Crippen LogP contribution is -2.05. The zero-order valence-corrected chi connectivity index (χ0v) is 8.78. The third-order valence-corrected chi connectivity index (χ3v) is 2.09. The van der Waals surface area contributed by atoms with E-state index in [0.717, 1.165) is 0 Å². The summed E-state index contributed by atoms with van der Waals surface area (Å²) in [4.78, 5) is 9.69. The van der Waals surface area contributed by atoms with Crippen LogP contribution in [0.15, 0.2) is 24.3 Å². The van der Waals surface area contributed by atoms with Crippen LogP contribution in [-0.2, 0) is 4.79 Å². The third kappa shape index (κ3) is 2.20. The maximum absolute atomic E-state index is 9.69. The van der Waals surface area contributed by atoms with E-state index in [9.17, 15) is 4.79 Å². The second-order valence-corrected chi connectivity index (χ2v) is 4.40. The fourth-order valence-corrected chi connectivity index (χ4v) is 0.663. The number of benzene rings is 1. The summed E-state index contributed by atoms with van der Waals surface area (Å²) in [5.41, 5.74) is 2.85. The molecule has 2 nitrogen and oxygen atoms in total. The number of carboxylic acid groups (broad SMARTS) is 1. The minimum Gasteiger partial charge on any atom is -0.480 e. The van der Waals surface area contributed by atoms with E-state index in [1.165, 1.54) is 11.1 Å². The molecule has 0 aromatic rings. The van der Waals surface area contributed by atoms with Crippen molar-refractivity contribution in [3.05, 3.63) is 24.3 Å². The molecule has 0 spiro atoms. The van der Waals surface area contributed by atoms with Crippen LogP contribution in [0, 0.1) is 0 Å². The third-order valence-electron chi connectivity index (χ3n) is 1.56. The Morgan fingerprint density at radius 3 is 1.58 bits per heavy atom. The molecular weight excluding hydrogens is 267 g/mol. The summed E-state index contributed by atoms with van der Waals surface area (Å²) in [5.74, 6) is -0.754. The zero-order chi connectivity index (χ0) is 9.14. The van der Waals surface area contributed by atoms with E-state index in [4.69, 9.17) is 5.11 Å². The largest absolute Gasteiger partial charge is 0.480 e. The summed E-state index contributed by atoms with van der Waals surface area (Å²) in [7, 11) is 0. The monoisotopic (exact) mass is 276 g/mol. The molecule has 2 rings (SSSR count). The molecule has 2 aliphatic carbocycles. The van der Waals surface area contributed by atoms with Crippen molar-refractivity contribution in [1.82, 2.24) is 0 Å². The summed E-state index contributed by atoms with van der Waals surface area (Å²) in [6, 6.07) is 8.48. The molecule has 3 heteroatoms. The number of aliphatic carboxylic acids is 1. The molecule has 0 aliphatic heterocycles. The second kappa shape index (κ2) is 3.89. The highest BCUT2D eigenvalue weighted by Crippen LogP contribution is 2.29. The van der Waals surface area contributed by atoms with Crippen molar-refractivity contribution in [2.75, 3.05) is 0 Å². The molecule has 0 amide bonds. The minimum atomic E-state index is -0.754. The van der Waals surface area contributed by atoms with Gasteiger partial charge in [-0.2, -0.15) is 0 Å². The first-order chi connectivity index (χ1) is 5.61. The highest BCUT2D eigenvalue weighted by molar-refractivity contribution is 14.1. The second-order valence-electron chi connectivity index (χ2n) is 2.53. The van der Waals surface area contributed by atoms with E-state index in [1.54, 1.807) is 6.92 Å². The molecular formula is C9H9IO2. The van der Waals surface area contributed by atoms with E-state index in [-0.39, 0.29) is 3.92 Å². The van der Waals surface area contributed by atoms with Crippen LogP contribution in [0.2, 0.25) is 0 Å². The predicted molar refractivity (Wildman–Crippen MR) is 56.6 cm³/mol. The lowest BCUT2D eigenvalue weighted by Gasteiger charge is -2.10. The van der Waals surface area contributed by atoms with Gasteiger partial charge < -0.3 is 5.11 Å². The average molecular weight is 276 g/mol. The van der Waals surface area contributed by atoms with Crippen molar-refractivity contribution in [2.24, 2.45) is 0 Å². The number of carboxylic acids is 1. The topological polar surface area (TPSA) is 37.3 Å². The maximum atomic E-state index is 9.69. The van der Waals surface area contributed by atoms with Crippen molar-refractivity contribution < 1.29 is 9.90 Å². The zero-order valence-electron chi connectivity index (χ0n) is 6.62. The van der Waals surface area contributed by atoms with E-state index >= 15 is 0 Å². The van der Waals surface area contributed by atoms with Crippen molar-refractivity contribution in [3.63, 3.8) is 0 Å². The predicted octanol–water partition coefficient (Wildman–Crippen LogP) is 2.56. The highest BCUT2D eigenvalue weighted by Gasteiger charge is 2.04. The van der Waals surface area contributed by atoms with Crippen molar-refractivity contribution in [1.29, 1.82) is 0 Å². The molecule has 1 atom stereocenters. The number of hydrogen-bond acceptors (Lipinski definition) is 1. The first-order valence-electron chi connectivity index (χ1n) is 3.58. The number of fused-ring (bicyclic) bond motifs is 1. The number of alkyl halides is 1. The van der Waals surface area contributed by atoms with Crippen LogP contribution in [0.1, 0.15) is 6.92 Å². The SMILES string of the molecule is CC(I)C(=O)O.c1cc2ccc1-2. The Morgan fingerprint density at radius 2 is 1.58 bits per heavy atom. The Hall–Kier alpha value is -0.580. The molecule has 1 N–H and O–H groups in total. The van der Waals surface area contributed by atoms with Gasteiger partial charge >= 0.3 is 5.97 Å². The quantitative estimate of drug-likeness (QED) is 0.642. The smallest absolute Gasteiger partial charge is 0.316 e. The Kier molecular flexibility index (Phi) is 3.08. The molecule has 0 heterocycles. The molecule has 1 unspecified atom stereocenters. The number of carbonyl (C=O) groups is 1. The van der Waals surface area contributed by atoms with E-state index in [1.807, 2.05) is 22.6 Å². The van der Waals surface area contributed by atoms with Crippen molar-refractivity contribution >= 4 is 28.6 Å². The average Bonchev–Trinajstić information content (AvgIpc) is 1.97. The fourth-order valence-electron chi connectivity index (χ4n) is 0.663. The van der Waals surface area contributed by atoms with Gasteiger partial charge in [-0.25, -0.2) is 0 Å². The molecule has 0 bridgehead atoms. The molecule has 0 saturated heterocycles. The normalized spacial score (nSPS) is 12.5. The maximum Gasteiger partial charge on any atom is 0.316 e. The first-order valence-corrected chi connectivity index (χ1v) is 4.83. The summed E-state index contributed by atoms with van der Waals surface area (Å²) in [6.07, 6.45) is 0.